The maximum Gasteiger partial charge on any atom is 0.416 e. The van der Waals surface area contributed by atoms with Gasteiger partial charge in [-0.3, -0.25) is 4.31 Å². The molecule has 1 saturated heterocycles. The Bertz CT molecular complexity index is 965. The molecule has 0 aromatic heterocycles. The molecule has 2 aromatic rings. The Labute approximate surface area is 185 Å². The SMILES string of the molecule is CS(=O)N1CCc2cc(SN3CCN(c4cc(Cl)cc(C(F)(F)F)c4)CC3)ccc21. The molecule has 0 N–H and O–H groups in total. The van der Waals surface area contributed by atoms with Crippen LogP contribution in [-0.4, -0.2) is 47.5 Å². The first-order valence-corrected chi connectivity index (χ1v) is 12.2. The van der Waals surface area contributed by atoms with Gasteiger partial charge in [0.1, 0.15) is 11.0 Å². The minimum absolute atomic E-state index is 0.0943. The van der Waals surface area contributed by atoms with Crippen LogP contribution >= 0.6 is 23.5 Å². The zero-order valence-corrected chi connectivity index (χ0v) is 18.7. The van der Waals surface area contributed by atoms with Crippen LogP contribution in [0.5, 0.6) is 0 Å². The number of benzene rings is 2. The summed E-state index contributed by atoms with van der Waals surface area (Å²) >= 11 is 7.58. The summed E-state index contributed by atoms with van der Waals surface area (Å²) in [6, 6.07) is 9.91. The minimum Gasteiger partial charge on any atom is -0.369 e. The second-order valence-electron chi connectivity index (χ2n) is 7.27. The van der Waals surface area contributed by atoms with Gasteiger partial charge in [0.2, 0.25) is 0 Å². The fraction of sp³-hybridized carbons (Fsp3) is 0.400. The first-order chi connectivity index (χ1) is 14.2. The molecule has 1 atom stereocenters. The van der Waals surface area contributed by atoms with Gasteiger partial charge >= 0.3 is 6.18 Å². The molecule has 0 spiro atoms. The second-order valence-corrected chi connectivity index (χ2v) is 10.2. The Morgan fingerprint density at radius 3 is 2.43 bits per heavy atom. The Morgan fingerprint density at radius 1 is 1.03 bits per heavy atom. The van der Waals surface area contributed by atoms with Crippen LogP contribution in [0.1, 0.15) is 11.1 Å². The van der Waals surface area contributed by atoms with Gasteiger partial charge in [-0.15, -0.1) is 0 Å². The minimum atomic E-state index is -4.41. The van der Waals surface area contributed by atoms with Crippen LogP contribution in [-0.2, 0) is 23.6 Å². The highest BCUT2D eigenvalue weighted by molar-refractivity contribution is 7.97. The number of anilines is 2. The van der Waals surface area contributed by atoms with Crippen molar-refractivity contribution in [1.29, 1.82) is 0 Å². The molecule has 2 aromatic carbocycles. The lowest BCUT2D eigenvalue weighted by atomic mass is 10.1. The number of fused-ring (bicyclic) bond motifs is 1. The van der Waals surface area contributed by atoms with Crippen molar-refractivity contribution in [3.8, 4) is 0 Å². The number of hydrogen-bond acceptors (Lipinski definition) is 4. The van der Waals surface area contributed by atoms with Gasteiger partial charge < -0.3 is 4.90 Å². The van der Waals surface area contributed by atoms with E-state index in [2.05, 4.69) is 10.4 Å². The summed E-state index contributed by atoms with van der Waals surface area (Å²) in [4.78, 5) is 3.06. The van der Waals surface area contributed by atoms with Gasteiger partial charge in [-0.25, -0.2) is 8.51 Å². The molecule has 30 heavy (non-hydrogen) atoms. The fourth-order valence-corrected chi connectivity index (χ4v) is 5.78. The topological polar surface area (TPSA) is 26.8 Å². The average molecular weight is 476 g/mol. The van der Waals surface area contributed by atoms with Gasteiger partial charge in [0.25, 0.3) is 0 Å². The lowest BCUT2D eigenvalue weighted by molar-refractivity contribution is -0.137. The van der Waals surface area contributed by atoms with Crippen molar-refractivity contribution in [3.63, 3.8) is 0 Å². The molecule has 1 fully saturated rings. The Kier molecular flexibility index (Phi) is 6.25. The molecular weight excluding hydrogens is 455 g/mol. The third kappa shape index (κ3) is 4.74. The van der Waals surface area contributed by atoms with Gasteiger partial charge in [0.05, 0.1) is 11.3 Å². The molecule has 4 rings (SSSR count). The summed E-state index contributed by atoms with van der Waals surface area (Å²) in [6.07, 6.45) is -1.84. The monoisotopic (exact) mass is 475 g/mol. The zero-order chi connectivity index (χ0) is 21.5. The van der Waals surface area contributed by atoms with Crippen molar-refractivity contribution < 1.29 is 17.4 Å². The maximum absolute atomic E-state index is 13.1. The maximum atomic E-state index is 13.1. The lowest BCUT2D eigenvalue weighted by Crippen LogP contribution is -2.43. The van der Waals surface area contributed by atoms with E-state index in [4.69, 9.17) is 11.6 Å². The number of nitrogens with zero attached hydrogens (tertiary/aromatic N) is 3. The summed E-state index contributed by atoms with van der Waals surface area (Å²) in [7, 11) is -1.02. The first-order valence-electron chi connectivity index (χ1n) is 9.50. The van der Waals surface area contributed by atoms with Gasteiger partial charge in [0, 0.05) is 54.6 Å². The summed E-state index contributed by atoms with van der Waals surface area (Å²) < 4.78 is 55.2. The van der Waals surface area contributed by atoms with E-state index in [1.807, 2.05) is 21.3 Å². The highest BCUT2D eigenvalue weighted by atomic mass is 35.5. The highest BCUT2D eigenvalue weighted by Gasteiger charge is 2.32. The van der Waals surface area contributed by atoms with E-state index < -0.39 is 22.7 Å². The standard InChI is InChI=1S/C20H21ClF3N3OS2/c1-30(28)27-5-4-14-10-18(2-3-19(14)27)29-26-8-6-25(7-9-26)17-12-15(20(22,23)24)11-16(21)13-17/h2-3,10-13H,4-9H2,1H3. The number of hydrogen-bond donors (Lipinski definition) is 0. The Balaban J connectivity index is 1.39. The fourth-order valence-electron chi connectivity index (χ4n) is 3.78. The van der Waals surface area contributed by atoms with Crippen LogP contribution in [0.2, 0.25) is 5.02 Å². The average Bonchev–Trinajstić information content (AvgIpc) is 3.11. The van der Waals surface area contributed by atoms with Crippen molar-refractivity contribution in [3.05, 3.63) is 52.5 Å². The van der Waals surface area contributed by atoms with E-state index in [-0.39, 0.29) is 5.02 Å². The van der Waals surface area contributed by atoms with Gasteiger partial charge in [-0.05, 0) is 60.3 Å². The predicted molar refractivity (Wildman–Crippen MR) is 118 cm³/mol. The zero-order valence-electron chi connectivity index (χ0n) is 16.3. The molecule has 10 heteroatoms. The Morgan fingerprint density at radius 2 is 1.77 bits per heavy atom. The second kappa shape index (κ2) is 8.61. The molecule has 4 nitrogen and oxygen atoms in total. The molecule has 1 unspecified atom stereocenters. The van der Waals surface area contributed by atoms with E-state index in [1.165, 1.54) is 11.6 Å². The Hall–Kier alpha value is -1.42. The molecule has 0 bridgehead atoms. The molecule has 0 amide bonds. The molecule has 162 valence electrons. The van der Waals surface area contributed by atoms with Crippen LogP contribution in [0.4, 0.5) is 24.5 Å². The van der Waals surface area contributed by atoms with Crippen LogP contribution < -0.4 is 9.21 Å². The quantitative estimate of drug-likeness (QED) is 0.591. The summed E-state index contributed by atoms with van der Waals surface area (Å²) in [5.41, 5.74) is 2.02. The van der Waals surface area contributed by atoms with Crippen molar-refractivity contribution >= 4 is 45.9 Å². The highest BCUT2D eigenvalue weighted by Crippen LogP contribution is 2.36. The van der Waals surface area contributed by atoms with Crippen LogP contribution in [0, 0.1) is 0 Å². The number of piperazine rings is 1. The first kappa shape index (κ1) is 21.8. The van der Waals surface area contributed by atoms with Gasteiger partial charge in [-0.2, -0.15) is 13.2 Å². The van der Waals surface area contributed by atoms with Gasteiger partial charge in [-0.1, -0.05) is 11.6 Å². The number of halogens is 4. The van der Waals surface area contributed by atoms with E-state index >= 15 is 0 Å². The van der Waals surface area contributed by atoms with Crippen molar-refractivity contribution in [2.45, 2.75) is 17.5 Å². The smallest absolute Gasteiger partial charge is 0.369 e. The predicted octanol–water partition coefficient (Wildman–Crippen LogP) is 4.84. The summed E-state index contributed by atoms with van der Waals surface area (Å²) in [6.45, 7) is 3.46. The normalized spacial score (nSPS) is 18.6. The van der Waals surface area contributed by atoms with Crippen molar-refractivity contribution in [1.82, 2.24) is 4.31 Å². The number of rotatable bonds is 4. The van der Waals surface area contributed by atoms with Gasteiger partial charge in [0.15, 0.2) is 0 Å². The molecule has 2 heterocycles. The van der Waals surface area contributed by atoms with E-state index in [9.17, 15) is 17.4 Å². The largest absolute Gasteiger partial charge is 0.416 e. The summed E-state index contributed by atoms with van der Waals surface area (Å²) in [5.74, 6) is 0. The molecule has 2 aliphatic rings. The molecule has 0 saturated carbocycles. The number of alkyl halides is 3. The molecule has 2 aliphatic heterocycles. The van der Waals surface area contributed by atoms with Crippen molar-refractivity contribution in [2.75, 3.05) is 48.2 Å². The molecule has 0 radical (unpaired) electrons. The van der Waals surface area contributed by atoms with E-state index in [1.54, 1.807) is 24.3 Å². The summed E-state index contributed by atoms with van der Waals surface area (Å²) in [5, 5.41) is 0.0943. The van der Waals surface area contributed by atoms with Crippen LogP contribution in [0.25, 0.3) is 0 Å². The van der Waals surface area contributed by atoms with Crippen LogP contribution in [0.3, 0.4) is 0 Å². The molecular formula is C20H21ClF3N3OS2. The third-order valence-corrected chi connectivity index (χ3v) is 7.57. The van der Waals surface area contributed by atoms with Crippen molar-refractivity contribution in [2.24, 2.45) is 0 Å². The van der Waals surface area contributed by atoms with E-state index in [0.717, 1.165) is 42.7 Å². The third-order valence-electron chi connectivity index (χ3n) is 5.26. The van der Waals surface area contributed by atoms with Crippen LogP contribution in [0.15, 0.2) is 41.3 Å². The molecule has 0 aliphatic carbocycles. The van der Waals surface area contributed by atoms with E-state index in [0.29, 0.717) is 18.8 Å². The lowest BCUT2D eigenvalue weighted by Gasteiger charge is -2.35.